The van der Waals surface area contributed by atoms with E-state index in [1.807, 2.05) is 18.4 Å². The summed E-state index contributed by atoms with van der Waals surface area (Å²) < 4.78 is 5.15. The Bertz CT molecular complexity index is 263. The minimum atomic E-state index is 0.625. The molecule has 3 nitrogen and oxygen atoms in total. The van der Waals surface area contributed by atoms with Crippen LogP contribution in [0.4, 0.5) is 0 Å². The van der Waals surface area contributed by atoms with Crippen molar-refractivity contribution in [1.82, 2.24) is 10.3 Å². The maximum absolute atomic E-state index is 5.15. The monoisotopic (exact) mass is 228 g/mol. The molecular formula is C11H20N2OS. The topological polar surface area (TPSA) is 34.1 Å². The van der Waals surface area contributed by atoms with Crippen molar-refractivity contribution >= 4 is 11.3 Å². The average Bonchev–Trinajstić information content (AvgIpc) is 2.59. The highest BCUT2D eigenvalue weighted by atomic mass is 32.1. The molecule has 0 aliphatic heterocycles. The maximum atomic E-state index is 5.15. The SMILES string of the molecule is CCCCc1nc(COC)c(CNC)s1. The van der Waals surface area contributed by atoms with E-state index < -0.39 is 0 Å². The van der Waals surface area contributed by atoms with E-state index in [4.69, 9.17) is 4.74 Å². The van der Waals surface area contributed by atoms with Gasteiger partial charge in [-0.1, -0.05) is 13.3 Å². The Balaban J connectivity index is 2.68. The number of methoxy groups -OCH3 is 1. The van der Waals surface area contributed by atoms with Gasteiger partial charge in [0.1, 0.15) is 0 Å². The third kappa shape index (κ3) is 3.89. The summed E-state index contributed by atoms with van der Waals surface area (Å²) in [5.74, 6) is 0. The van der Waals surface area contributed by atoms with Gasteiger partial charge in [-0.2, -0.15) is 0 Å². The van der Waals surface area contributed by atoms with Gasteiger partial charge < -0.3 is 10.1 Å². The lowest BCUT2D eigenvalue weighted by Crippen LogP contribution is -2.06. The Hall–Kier alpha value is -0.450. The summed E-state index contributed by atoms with van der Waals surface area (Å²) in [6, 6.07) is 0. The van der Waals surface area contributed by atoms with Gasteiger partial charge in [0.25, 0.3) is 0 Å². The number of nitrogens with zero attached hydrogens (tertiary/aromatic N) is 1. The molecule has 1 rings (SSSR count). The van der Waals surface area contributed by atoms with Crippen LogP contribution < -0.4 is 5.32 Å². The van der Waals surface area contributed by atoms with Crippen molar-refractivity contribution in [2.75, 3.05) is 14.2 Å². The Morgan fingerprint density at radius 1 is 1.47 bits per heavy atom. The molecule has 1 N–H and O–H groups in total. The summed E-state index contributed by atoms with van der Waals surface area (Å²) in [6.45, 7) is 3.72. The lowest BCUT2D eigenvalue weighted by Gasteiger charge is -1.98. The maximum Gasteiger partial charge on any atom is 0.0932 e. The zero-order valence-electron chi connectivity index (χ0n) is 9.80. The molecule has 0 fully saturated rings. The third-order valence-corrected chi connectivity index (χ3v) is 3.34. The van der Waals surface area contributed by atoms with Gasteiger partial charge in [0.2, 0.25) is 0 Å². The fraction of sp³-hybridized carbons (Fsp3) is 0.727. The molecule has 0 saturated heterocycles. The van der Waals surface area contributed by atoms with E-state index in [0.717, 1.165) is 18.7 Å². The van der Waals surface area contributed by atoms with Crippen LogP contribution in [-0.2, 0) is 24.3 Å². The Morgan fingerprint density at radius 2 is 2.27 bits per heavy atom. The van der Waals surface area contributed by atoms with Crippen molar-refractivity contribution in [3.8, 4) is 0 Å². The van der Waals surface area contributed by atoms with Crippen LogP contribution in [0.25, 0.3) is 0 Å². The average molecular weight is 228 g/mol. The minimum Gasteiger partial charge on any atom is -0.378 e. The summed E-state index contributed by atoms with van der Waals surface area (Å²) >= 11 is 1.81. The second-order valence-electron chi connectivity index (χ2n) is 3.54. The fourth-order valence-electron chi connectivity index (χ4n) is 1.42. The van der Waals surface area contributed by atoms with Gasteiger partial charge in [-0.25, -0.2) is 4.98 Å². The van der Waals surface area contributed by atoms with Gasteiger partial charge in [0.05, 0.1) is 17.3 Å². The number of thiazole rings is 1. The molecular weight excluding hydrogens is 208 g/mol. The number of hydrogen-bond acceptors (Lipinski definition) is 4. The molecule has 86 valence electrons. The van der Waals surface area contributed by atoms with Crippen molar-refractivity contribution in [2.45, 2.75) is 39.3 Å². The lowest BCUT2D eigenvalue weighted by molar-refractivity contribution is 0.181. The standard InChI is InChI=1S/C11H20N2OS/c1-4-5-6-11-13-9(8-14-3)10(15-11)7-12-2/h12H,4-8H2,1-3H3. The highest BCUT2D eigenvalue weighted by molar-refractivity contribution is 7.11. The van der Waals surface area contributed by atoms with Crippen molar-refractivity contribution in [1.29, 1.82) is 0 Å². The first-order valence-electron chi connectivity index (χ1n) is 5.42. The molecule has 0 unspecified atom stereocenters. The predicted octanol–water partition coefficient (Wildman–Crippen LogP) is 2.35. The molecule has 0 aromatic carbocycles. The first kappa shape index (κ1) is 12.6. The van der Waals surface area contributed by atoms with E-state index in [1.54, 1.807) is 7.11 Å². The summed E-state index contributed by atoms with van der Waals surface area (Å²) in [5.41, 5.74) is 1.10. The van der Waals surface area contributed by atoms with Crippen LogP contribution in [0.5, 0.6) is 0 Å². The van der Waals surface area contributed by atoms with E-state index in [1.165, 1.54) is 22.7 Å². The molecule has 0 aliphatic carbocycles. The van der Waals surface area contributed by atoms with Crippen LogP contribution in [0.15, 0.2) is 0 Å². The van der Waals surface area contributed by atoms with E-state index in [-0.39, 0.29) is 0 Å². The molecule has 0 bridgehead atoms. The number of rotatable bonds is 7. The molecule has 0 spiro atoms. The van der Waals surface area contributed by atoms with E-state index in [9.17, 15) is 0 Å². The van der Waals surface area contributed by atoms with Crippen LogP contribution in [0.2, 0.25) is 0 Å². The van der Waals surface area contributed by atoms with Crippen LogP contribution in [0.1, 0.15) is 35.3 Å². The molecule has 15 heavy (non-hydrogen) atoms. The zero-order chi connectivity index (χ0) is 11.1. The zero-order valence-corrected chi connectivity index (χ0v) is 10.6. The van der Waals surface area contributed by atoms with Crippen LogP contribution in [-0.4, -0.2) is 19.1 Å². The molecule has 0 amide bonds. The van der Waals surface area contributed by atoms with Gasteiger partial charge in [-0.3, -0.25) is 0 Å². The third-order valence-electron chi connectivity index (χ3n) is 2.19. The molecule has 0 radical (unpaired) electrons. The van der Waals surface area contributed by atoms with Crippen LogP contribution >= 0.6 is 11.3 Å². The van der Waals surface area contributed by atoms with Crippen LogP contribution in [0.3, 0.4) is 0 Å². The molecule has 4 heteroatoms. The fourth-order valence-corrected chi connectivity index (χ4v) is 2.55. The first-order valence-corrected chi connectivity index (χ1v) is 6.24. The minimum absolute atomic E-state index is 0.625. The summed E-state index contributed by atoms with van der Waals surface area (Å²) in [6.07, 6.45) is 3.54. The molecule has 1 heterocycles. The largest absolute Gasteiger partial charge is 0.378 e. The van der Waals surface area contributed by atoms with Gasteiger partial charge >= 0.3 is 0 Å². The second-order valence-corrected chi connectivity index (χ2v) is 4.71. The smallest absolute Gasteiger partial charge is 0.0932 e. The van der Waals surface area contributed by atoms with E-state index in [2.05, 4.69) is 17.2 Å². The molecule has 0 atom stereocenters. The highest BCUT2D eigenvalue weighted by Gasteiger charge is 2.09. The van der Waals surface area contributed by atoms with Crippen LogP contribution in [0, 0.1) is 0 Å². The Labute approximate surface area is 95.9 Å². The molecule has 1 aromatic heterocycles. The van der Waals surface area contributed by atoms with Gasteiger partial charge in [-0.15, -0.1) is 11.3 Å². The van der Waals surface area contributed by atoms with Crippen molar-refractivity contribution < 1.29 is 4.74 Å². The number of ether oxygens (including phenoxy) is 1. The van der Waals surface area contributed by atoms with Crippen molar-refractivity contribution in [3.05, 3.63) is 15.6 Å². The molecule has 0 saturated carbocycles. The number of hydrogen-bond donors (Lipinski definition) is 1. The lowest BCUT2D eigenvalue weighted by atomic mass is 10.3. The highest BCUT2D eigenvalue weighted by Crippen LogP contribution is 2.20. The number of aryl methyl sites for hydroxylation is 1. The van der Waals surface area contributed by atoms with Crippen molar-refractivity contribution in [2.24, 2.45) is 0 Å². The first-order chi connectivity index (χ1) is 7.31. The van der Waals surface area contributed by atoms with Gasteiger partial charge in [0.15, 0.2) is 0 Å². The van der Waals surface area contributed by atoms with Crippen molar-refractivity contribution in [3.63, 3.8) is 0 Å². The molecule has 0 aliphatic rings. The summed E-state index contributed by atoms with van der Waals surface area (Å²) in [5, 5.41) is 4.41. The quantitative estimate of drug-likeness (QED) is 0.778. The number of aromatic nitrogens is 1. The number of nitrogens with one attached hydrogen (secondary N) is 1. The van der Waals surface area contributed by atoms with Gasteiger partial charge in [-0.05, 0) is 19.9 Å². The normalized spacial score (nSPS) is 10.9. The summed E-state index contributed by atoms with van der Waals surface area (Å²) in [7, 11) is 3.68. The van der Waals surface area contributed by atoms with E-state index >= 15 is 0 Å². The Morgan fingerprint density at radius 3 is 2.87 bits per heavy atom. The second kappa shape index (κ2) is 6.93. The molecule has 1 aromatic rings. The van der Waals surface area contributed by atoms with E-state index in [0.29, 0.717) is 6.61 Å². The van der Waals surface area contributed by atoms with Gasteiger partial charge in [0, 0.05) is 18.5 Å². The predicted molar refractivity (Wildman–Crippen MR) is 64.2 cm³/mol. The summed E-state index contributed by atoms with van der Waals surface area (Å²) in [4.78, 5) is 5.92. The Kier molecular flexibility index (Phi) is 5.83. The number of unbranched alkanes of at least 4 members (excludes halogenated alkanes) is 1.